The Morgan fingerprint density at radius 3 is 2.56 bits per heavy atom. The zero-order valence-electron chi connectivity index (χ0n) is 5.55. The van der Waals surface area contributed by atoms with Crippen molar-refractivity contribution in [1.29, 1.82) is 0 Å². The first-order valence-corrected chi connectivity index (χ1v) is 3.71. The molecule has 2 heteroatoms. The van der Waals surface area contributed by atoms with Gasteiger partial charge in [-0.1, -0.05) is 0 Å². The second kappa shape index (κ2) is 1.96. The maximum Gasteiger partial charge on any atom is 0.0500 e. The van der Waals surface area contributed by atoms with Crippen LogP contribution in [0.5, 0.6) is 0 Å². The van der Waals surface area contributed by atoms with Gasteiger partial charge in [0.15, 0.2) is 0 Å². The normalized spacial score (nSPS) is 47.0. The minimum absolute atomic E-state index is 0.859. The van der Waals surface area contributed by atoms with Gasteiger partial charge in [0, 0.05) is 0 Å². The molecule has 0 aromatic heterocycles. The van der Waals surface area contributed by atoms with Crippen LogP contribution in [0.15, 0.2) is 0 Å². The molecule has 1 aliphatic heterocycles. The van der Waals surface area contributed by atoms with Crippen molar-refractivity contribution in [2.45, 2.75) is 6.42 Å². The number of fused-ring (bicyclic) bond motifs is 1. The smallest absolute Gasteiger partial charge is 0.0500 e. The lowest BCUT2D eigenvalue weighted by atomic mass is 10.2. The molecule has 1 heterocycles. The monoisotopic (exact) mass is 127 g/mol. The van der Waals surface area contributed by atoms with E-state index in [9.17, 15) is 0 Å². The molecular weight excluding hydrogens is 114 g/mol. The SMILES string of the molecule is NCCC1C2COCC12. The lowest BCUT2D eigenvalue weighted by Gasteiger charge is -1.99. The maximum atomic E-state index is 5.43. The largest absolute Gasteiger partial charge is 0.381 e. The van der Waals surface area contributed by atoms with Gasteiger partial charge in [-0.25, -0.2) is 0 Å². The fourth-order valence-corrected chi connectivity index (χ4v) is 1.98. The lowest BCUT2D eigenvalue weighted by molar-refractivity contribution is 0.150. The van der Waals surface area contributed by atoms with Crippen LogP contribution < -0.4 is 5.73 Å². The van der Waals surface area contributed by atoms with Gasteiger partial charge in [-0.3, -0.25) is 0 Å². The molecule has 2 N–H and O–H groups in total. The molecular formula is C7H13NO. The van der Waals surface area contributed by atoms with Gasteiger partial charge in [-0.05, 0) is 30.7 Å². The molecule has 9 heavy (non-hydrogen) atoms. The van der Waals surface area contributed by atoms with Gasteiger partial charge >= 0.3 is 0 Å². The van der Waals surface area contributed by atoms with Crippen molar-refractivity contribution in [3.63, 3.8) is 0 Å². The van der Waals surface area contributed by atoms with Crippen LogP contribution >= 0.6 is 0 Å². The molecule has 2 rings (SSSR count). The first-order chi connectivity index (χ1) is 4.43. The molecule has 52 valence electrons. The van der Waals surface area contributed by atoms with Gasteiger partial charge in [-0.15, -0.1) is 0 Å². The quantitative estimate of drug-likeness (QED) is 0.576. The summed E-state index contributed by atoms with van der Waals surface area (Å²) >= 11 is 0. The summed E-state index contributed by atoms with van der Waals surface area (Å²) in [5.41, 5.74) is 5.43. The number of ether oxygens (including phenoxy) is 1. The summed E-state index contributed by atoms with van der Waals surface area (Å²) in [6.45, 7) is 2.88. The highest BCUT2D eigenvalue weighted by Crippen LogP contribution is 2.52. The van der Waals surface area contributed by atoms with Crippen LogP contribution in [0, 0.1) is 17.8 Å². The van der Waals surface area contributed by atoms with Crippen molar-refractivity contribution in [3.8, 4) is 0 Å². The standard InChI is InChI=1S/C7H13NO/c8-2-1-5-6-3-9-4-7(5)6/h5-7H,1-4,8H2. The minimum atomic E-state index is 0.859. The summed E-state index contributed by atoms with van der Waals surface area (Å²) < 4.78 is 5.24. The molecule has 0 amide bonds. The molecule has 0 aromatic rings. The van der Waals surface area contributed by atoms with Gasteiger partial charge in [0.1, 0.15) is 0 Å². The predicted octanol–water partition coefficient (Wildman–Crippen LogP) is 0.228. The highest BCUT2D eigenvalue weighted by atomic mass is 16.5. The van der Waals surface area contributed by atoms with Crippen LogP contribution in [0.4, 0.5) is 0 Å². The van der Waals surface area contributed by atoms with E-state index in [0.29, 0.717) is 0 Å². The fourth-order valence-electron chi connectivity index (χ4n) is 1.98. The van der Waals surface area contributed by atoms with E-state index in [4.69, 9.17) is 10.5 Å². The first-order valence-electron chi connectivity index (χ1n) is 3.71. The molecule has 2 nitrogen and oxygen atoms in total. The second-order valence-corrected chi connectivity index (χ2v) is 3.11. The molecule has 2 unspecified atom stereocenters. The minimum Gasteiger partial charge on any atom is -0.381 e. The number of hydrogen-bond acceptors (Lipinski definition) is 2. The predicted molar refractivity (Wildman–Crippen MR) is 35.0 cm³/mol. The van der Waals surface area contributed by atoms with E-state index in [-0.39, 0.29) is 0 Å². The molecule has 0 aromatic carbocycles. The van der Waals surface area contributed by atoms with E-state index in [1.165, 1.54) is 6.42 Å². The molecule has 0 bridgehead atoms. The average molecular weight is 127 g/mol. The summed E-state index contributed by atoms with van der Waals surface area (Å²) in [6, 6.07) is 0. The van der Waals surface area contributed by atoms with Crippen molar-refractivity contribution >= 4 is 0 Å². The van der Waals surface area contributed by atoms with Gasteiger partial charge < -0.3 is 10.5 Å². The molecule has 2 aliphatic rings. The van der Waals surface area contributed by atoms with E-state index in [2.05, 4.69) is 0 Å². The third kappa shape index (κ3) is 0.775. The number of nitrogens with two attached hydrogens (primary N) is 1. The van der Waals surface area contributed by atoms with Crippen molar-refractivity contribution in [1.82, 2.24) is 0 Å². The Labute approximate surface area is 55.4 Å². The Hall–Kier alpha value is -0.0800. The lowest BCUT2D eigenvalue weighted by Crippen LogP contribution is -2.05. The molecule has 0 spiro atoms. The molecule has 2 fully saturated rings. The molecule has 1 saturated carbocycles. The highest BCUT2D eigenvalue weighted by Gasteiger charge is 2.52. The summed E-state index contributed by atoms with van der Waals surface area (Å²) in [6.07, 6.45) is 1.22. The van der Waals surface area contributed by atoms with E-state index in [1.54, 1.807) is 0 Å². The molecule has 0 radical (unpaired) electrons. The van der Waals surface area contributed by atoms with Crippen LogP contribution in [0.2, 0.25) is 0 Å². The maximum absolute atomic E-state index is 5.43. The van der Waals surface area contributed by atoms with Crippen LogP contribution in [-0.2, 0) is 4.74 Å². The number of hydrogen-bond donors (Lipinski definition) is 1. The van der Waals surface area contributed by atoms with Crippen molar-refractivity contribution in [2.24, 2.45) is 23.5 Å². The zero-order chi connectivity index (χ0) is 6.27. The van der Waals surface area contributed by atoms with E-state index >= 15 is 0 Å². The van der Waals surface area contributed by atoms with Crippen molar-refractivity contribution in [3.05, 3.63) is 0 Å². The van der Waals surface area contributed by atoms with E-state index in [1.807, 2.05) is 0 Å². The van der Waals surface area contributed by atoms with Gasteiger partial charge in [0.05, 0.1) is 13.2 Å². The first kappa shape index (κ1) is 5.69. The second-order valence-electron chi connectivity index (χ2n) is 3.11. The summed E-state index contributed by atoms with van der Waals surface area (Å²) in [5.74, 6) is 2.73. The van der Waals surface area contributed by atoms with Crippen LogP contribution in [0.3, 0.4) is 0 Å². The summed E-state index contributed by atoms with van der Waals surface area (Å²) in [4.78, 5) is 0. The van der Waals surface area contributed by atoms with Crippen LogP contribution in [0.25, 0.3) is 0 Å². The summed E-state index contributed by atoms with van der Waals surface area (Å²) in [5, 5.41) is 0. The van der Waals surface area contributed by atoms with Crippen LogP contribution in [0.1, 0.15) is 6.42 Å². The molecule has 1 aliphatic carbocycles. The Bertz CT molecular complexity index is 105. The Balaban J connectivity index is 1.81. The Morgan fingerprint density at radius 2 is 2.00 bits per heavy atom. The number of rotatable bonds is 2. The highest BCUT2D eigenvalue weighted by molar-refractivity contribution is 4.99. The molecule has 1 saturated heterocycles. The molecule has 2 atom stereocenters. The Kier molecular flexibility index (Phi) is 1.24. The average Bonchev–Trinajstić information content (AvgIpc) is 2.39. The summed E-state index contributed by atoms with van der Waals surface area (Å²) in [7, 11) is 0. The van der Waals surface area contributed by atoms with Gasteiger partial charge in [-0.2, -0.15) is 0 Å². The Morgan fingerprint density at radius 1 is 1.33 bits per heavy atom. The van der Waals surface area contributed by atoms with E-state index in [0.717, 1.165) is 37.5 Å². The fraction of sp³-hybridized carbons (Fsp3) is 1.00. The third-order valence-corrected chi connectivity index (χ3v) is 2.63. The van der Waals surface area contributed by atoms with Crippen LogP contribution in [-0.4, -0.2) is 19.8 Å². The third-order valence-electron chi connectivity index (χ3n) is 2.63. The zero-order valence-corrected chi connectivity index (χ0v) is 5.55. The van der Waals surface area contributed by atoms with Crippen molar-refractivity contribution < 1.29 is 4.74 Å². The van der Waals surface area contributed by atoms with E-state index < -0.39 is 0 Å². The van der Waals surface area contributed by atoms with Gasteiger partial charge in [0.2, 0.25) is 0 Å². The van der Waals surface area contributed by atoms with Gasteiger partial charge in [0.25, 0.3) is 0 Å². The topological polar surface area (TPSA) is 35.2 Å². The van der Waals surface area contributed by atoms with Crippen molar-refractivity contribution in [2.75, 3.05) is 19.8 Å².